The Morgan fingerprint density at radius 3 is 2.48 bits per heavy atom. The highest BCUT2D eigenvalue weighted by Crippen LogP contribution is 2.18. The van der Waals surface area contributed by atoms with Gasteiger partial charge in [-0.05, 0) is 26.3 Å². The van der Waals surface area contributed by atoms with Crippen LogP contribution in [0.3, 0.4) is 0 Å². The molecule has 1 aliphatic heterocycles. The molecule has 0 atom stereocenters. The number of piperazine rings is 1. The molecule has 144 valence electrons. The third kappa shape index (κ3) is 4.84. The second-order valence-corrected chi connectivity index (χ2v) is 7.55. The molecule has 0 bridgehead atoms. The Kier molecular flexibility index (Phi) is 5.16. The SMILES string of the molecule is Cc1nc(-c2ccc(CN3CCN(C(=O)OC(C)(C)C)CC3=O)cc2)no1. The number of benzene rings is 1. The van der Waals surface area contributed by atoms with Crippen molar-refractivity contribution in [2.75, 3.05) is 19.6 Å². The molecular weight excluding hydrogens is 348 g/mol. The van der Waals surface area contributed by atoms with E-state index in [2.05, 4.69) is 10.1 Å². The Balaban J connectivity index is 1.57. The van der Waals surface area contributed by atoms with Crippen molar-refractivity contribution in [1.82, 2.24) is 19.9 Å². The molecule has 2 amide bonds. The first-order valence-corrected chi connectivity index (χ1v) is 8.86. The maximum Gasteiger partial charge on any atom is 0.410 e. The topological polar surface area (TPSA) is 88.8 Å². The molecule has 1 aromatic carbocycles. The molecule has 1 aromatic heterocycles. The molecule has 0 radical (unpaired) electrons. The lowest BCUT2D eigenvalue weighted by molar-refractivity contribution is -0.136. The average molecular weight is 372 g/mol. The van der Waals surface area contributed by atoms with Crippen LogP contribution in [0.1, 0.15) is 32.2 Å². The van der Waals surface area contributed by atoms with Gasteiger partial charge in [-0.2, -0.15) is 4.98 Å². The van der Waals surface area contributed by atoms with Crippen molar-refractivity contribution in [3.05, 3.63) is 35.7 Å². The van der Waals surface area contributed by atoms with Crippen LogP contribution in [0.4, 0.5) is 4.79 Å². The molecule has 3 rings (SSSR count). The predicted molar refractivity (Wildman–Crippen MR) is 97.7 cm³/mol. The van der Waals surface area contributed by atoms with E-state index in [0.29, 0.717) is 31.3 Å². The van der Waals surface area contributed by atoms with Gasteiger partial charge < -0.3 is 14.2 Å². The van der Waals surface area contributed by atoms with Crippen LogP contribution in [0.2, 0.25) is 0 Å². The van der Waals surface area contributed by atoms with Gasteiger partial charge in [-0.3, -0.25) is 9.69 Å². The fraction of sp³-hybridized carbons (Fsp3) is 0.474. The van der Waals surface area contributed by atoms with Crippen molar-refractivity contribution in [1.29, 1.82) is 0 Å². The predicted octanol–water partition coefficient (Wildman–Crippen LogP) is 2.62. The number of aryl methyl sites for hydroxylation is 1. The van der Waals surface area contributed by atoms with Crippen molar-refractivity contribution in [2.45, 2.75) is 39.8 Å². The Morgan fingerprint density at radius 2 is 1.93 bits per heavy atom. The minimum atomic E-state index is -0.573. The average Bonchev–Trinajstić information content (AvgIpc) is 3.02. The zero-order valence-corrected chi connectivity index (χ0v) is 16.1. The van der Waals surface area contributed by atoms with Gasteiger partial charge >= 0.3 is 6.09 Å². The summed E-state index contributed by atoms with van der Waals surface area (Å²) in [5.74, 6) is 0.966. The molecule has 1 saturated heterocycles. The van der Waals surface area contributed by atoms with Gasteiger partial charge in [0, 0.05) is 32.1 Å². The summed E-state index contributed by atoms with van der Waals surface area (Å²) in [6.45, 7) is 8.63. The number of carbonyl (C=O) groups is 2. The molecule has 1 fully saturated rings. The van der Waals surface area contributed by atoms with Crippen LogP contribution >= 0.6 is 0 Å². The fourth-order valence-corrected chi connectivity index (χ4v) is 2.75. The highest BCUT2D eigenvalue weighted by molar-refractivity contribution is 5.83. The molecule has 2 heterocycles. The van der Waals surface area contributed by atoms with Crippen LogP contribution < -0.4 is 0 Å². The standard InChI is InChI=1S/C19H24N4O4/c1-13-20-17(21-27-13)15-7-5-14(6-8-15)11-22-9-10-23(12-16(22)24)18(25)26-19(2,3)4/h5-8H,9-12H2,1-4H3. The first-order valence-electron chi connectivity index (χ1n) is 8.86. The zero-order valence-electron chi connectivity index (χ0n) is 16.1. The molecule has 0 saturated carbocycles. The third-order valence-electron chi connectivity index (χ3n) is 4.08. The summed E-state index contributed by atoms with van der Waals surface area (Å²) >= 11 is 0. The van der Waals surface area contributed by atoms with Crippen LogP contribution in [-0.4, -0.2) is 57.2 Å². The normalized spacial score (nSPS) is 15.2. The number of hydrogen-bond acceptors (Lipinski definition) is 6. The number of nitrogens with zero attached hydrogens (tertiary/aromatic N) is 4. The first kappa shape index (κ1) is 18.9. The van der Waals surface area contributed by atoms with Crippen LogP contribution in [0.5, 0.6) is 0 Å². The molecular formula is C19H24N4O4. The number of aromatic nitrogens is 2. The number of carbonyl (C=O) groups excluding carboxylic acids is 2. The van der Waals surface area contributed by atoms with Gasteiger partial charge in [-0.25, -0.2) is 4.79 Å². The van der Waals surface area contributed by atoms with Crippen molar-refractivity contribution in [3.63, 3.8) is 0 Å². The smallest absolute Gasteiger partial charge is 0.410 e. The quantitative estimate of drug-likeness (QED) is 0.823. The van der Waals surface area contributed by atoms with Crippen molar-refractivity contribution in [2.24, 2.45) is 0 Å². The molecule has 0 spiro atoms. The summed E-state index contributed by atoms with van der Waals surface area (Å²) in [7, 11) is 0. The van der Waals surface area contributed by atoms with E-state index >= 15 is 0 Å². The lowest BCUT2D eigenvalue weighted by atomic mass is 10.1. The zero-order chi connectivity index (χ0) is 19.6. The van der Waals surface area contributed by atoms with E-state index in [-0.39, 0.29) is 12.5 Å². The van der Waals surface area contributed by atoms with Crippen LogP contribution in [0, 0.1) is 6.92 Å². The Morgan fingerprint density at radius 1 is 1.22 bits per heavy atom. The molecule has 8 heteroatoms. The molecule has 0 aliphatic carbocycles. The van der Waals surface area contributed by atoms with Crippen molar-refractivity contribution >= 4 is 12.0 Å². The minimum absolute atomic E-state index is 0.0368. The summed E-state index contributed by atoms with van der Waals surface area (Å²) in [6.07, 6.45) is -0.449. The summed E-state index contributed by atoms with van der Waals surface area (Å²) in [6, 6.07) is 7.69. The molecule has 0 unspecified atom stereocenters. The Hall–Kier alpha value is -2.90. The number of ether oxygens (including phenoxy) is 1. The fourth-order valence-electron chi connectivity index (χ4n) is 2.75. The summed E-state index contributed by atoms with van der Waals surface area (Å²) in [4.78, 5) is 31.9. The van der Waals surface area contributed by atoms with E-state index in [1.165, 1.54) is 4.90 Å². The lowest BCUT2D eigenvalue weighted by Crippen LogP contribution is -2.52. The Labute approximate surface area is 158 Å². The highest BCUT2D eigenvalue weighted by atomic mass is 16.6. The maximum absolute atomic E-state index is 12.4. The molecule has 2 aromatic rings. The Bertz CT molecular complexity index is 823. The van der Waals surface area contributed by atoms with E-state index in [0.717, 1.165) is 11.1 Å². The summed E-state index contributed by atoms with van der Waals surface area (Å²) < 4.78 is 10.3. The van der Waals surface area contributed by atoms with Crippen LogP contribution in [-0.2, 0) is 16.1 Å². The maximum atomic E-state index is 12.4. The molecule has 27 heavy (non-hydrogen) atoms. The van der Waals surface area contributed by atoms with E-state index < -0.39 is 11.7 Å². The van der Waals surface area contributed by atoms with Gasteiger partial charge in [0.25, 0.3) is 0 Å². The van der Waals surface area contributed by atoms with Gasteiger partial charge in [0.1, 0.15) is 12.1 Å². The van der Waals surface area contributed by atoms with Crippen LogP contribution in [0.15, 0.2) is 28.8 Å². The van der Waals surface area contributed by atoms with E-state index in [9.17, 15) is 9.59 Å². The molecule has 0 N–H and O–H groups in total. The number of rotatable bonds is 3. The van der Waals surface area contributed by atoms with Gasteiger partial charge in [0.15, 0.2) is 0 Å². The second-order valence-electron chi connectivity index (χ2n) is 7.55. The van der Waals surface area contributed by atoms with E-state index in [4.69, 9.17) is 9.26 Å². The van der Waals surface area contributed by atoms with E-state index in [1.807, 2.05) is 45.0 Å². The lowest BCUT2D eigenvalue weighted by Gasteiger charge is -2.35. The monoisotopic (exact) mass is 372 g/mol. The molecule has 8 nitrogen and oxygen atoms in total. The van der Waals surface area contributed by atoms with Crippen LogP contribution in [0.25, 0.3) is 11.4 Å². The largest absolute Gasteiger partial charge is 0.444 e. The van der Waals surface area contributed by atoms with Gasteiger partial charge in [-0.1, -0.05) is 29.4 Å². The third-order valence-corrected chi connectivity index (χ3v) is 4.08. The molecule has 1 aliphatic rings. The van der Waals surface area contributed by atoms with Crippen molar-refractivity contribution < 1.29 is 18.8 Å². The van der Waals surface area contributed by atoms with Gasteiger partial charge in [0.2, 0.25) is 17.6 Å². The van der Waals surface area contributed by atoms with Gasteiger partial charge in [0.05, 0.1) is 0 Å². The first-order chi connectivity index (χ1) is 12.7. The summed E-state index contributed by atoms with van der Waals surface area (Å²) in [5.41, 5.74) is 1.28. The van der Waals surface area contributed by atoms with E-state index in [1.54, 1.807) is 11.8 Å². The minimum Gasteiger partial charge on any atom is -0.444 e. The van der Waals surface area contributed by atoms with Crippen molar-refractivity contribution in [3.8, 4) is 11.4 Å². The van der Waals surface area contributed by atoms with Gasteiger partial charge in [-0.15, -0.1) is 0 Å². The highest BCUT2D eigenvalue weighted by Gasteiger charge is 2.30. The second kappa shape index (κ2) is 7.38. The number of hydrogen-bond donors (Lipinski definition) is 0. The summed E-state index contributed by atoms with van der Waals surface area (Å²) in [5, 5.41) is 3.89. The number of amides is 2.